The monoisotopic (exact) mass is 334 g/mol. The summed E-state index contributed by atoms with van der Waals surface area (Å²) in [5, 5.41) is 0. The van der Waals surface area contributed by atoms with Crippen molar-refractivity contribution < 1.29 is 4.39 Å². The van der Waals surface area contributed by atoms with Crippen LogP contribution in [0.5, 0.6) is 0 Å². The first-order chi connectivity index (χ1) is 12.5. The summed E-state index contributed by atoms with van der Waals surface area (Å²) in [5.74, 6) is 11.8. The van der Waals surface area contributed by atoms with Crippen molar-refractivity contribution in [1.29, 1.82) is 0 Å². The molecule has 3 aromatic carbocycles. The van der Waals surface area contributed by atoms with E-state index in [0.29, 0.717) is 16.7 Å². The van der Waals surface area contributed by atoms with Crippen molar-refractivity contribution in [3.8, 4) is 23.7 Å². The highest BCUT2D eigenvalue weighted by Crippen LogP contribution is 2.16. The molecule has 122 valence electrons. The van der Waals surface area contributed by atoms with E-state index in [1.165, 1.54) is 10.9 Å². The lowest BCUT2D eigenvalue weighted by Gasteiger charge is -2.02. The highest BCUT2D eigenvalue weighted by molar-refractivity contribution is 6.32. The van der Waals surface area contributed by atoms with Crippen LogP contribution in [0.2, 0.25) is 0 Å². The molecule has 26 heavy (non-hydrogen) atoms. The molecular formula is C23H17B2F. The van der Waals surface area contributed by atoms with Gasteiger partial charge in [0, 0.05) is 22.3 Å². The molecule has 3 heteroatoms. The Morgan fingerprint density at radius 1 is 0.615 bits per heavy atom. The van der Waals surface area contributed by atoms with Crippen LogP contribution in [0.15, 0.2) is 60.7 Å². The van der Waals surface area contributed by atoms with Gasteiger partial charge in [-0.1, -0.05) is 58.9 Å². The van der Waals surface area contributed by atoms with Crippen LogP contribution in [0.4, 0.5) is 4.39 Å². The number of hydrogen-bond donors (Lipinski definition) is 0. The molecule has 0 aliphatic carbocycles. The molecule has 0 bridgehead atoms. The van der Waals surface area contributed by atoms with Gasteiger partial charge >= 0.3 is 0 Å². The maximum atomic E-state index is 14.6. The molecule has 0 aliphatic rings. The van der Waals surface area contributed by atoms with Gasteiger partial charge in [0.15, 0.2) is 0 Å². The fourth-order valence-electron chi connectivity index (χ4n) is 2.47. The Labute approximate surface area is 156 Å². The molecule has 3 rings (SSSR count). The normalized spacial score (nSPS) is 9.62. The SMILES string of the molecule is Bc1ccc(C#Cc2ccc(C#Cc3ccc(B)cc3)c(F)c2C)cc1. The lowest BCUT2D eigenvalue weighted by atomic mass is 9.95. The Morgan fingerprint density at radius 2 is 1.04 bits per heavy atom. The van der Waals surface area contributed by atoms with Crippen LogP contribution in [-0.2, 0) is 0 Å². The largest absolute Gasteiger partial charge is 0.205 e. The first-order valence-corrected chi connectivity index (χ1v) is 8.49. The van der Waals surface area contributed by atoms with Crippen LogP contribution >= 0.6 is 0 Å². The van der Waals surface area contributed by atoms with Crippen LogP contribution < -0.4 is 10.9 Å². The first-order valence-electron chi connectivity index (χ1n) is 8.49. The molecule has 3 aromatic rings. The Morgan fingerprint density at radius 3 is 1.54 bits per heavy atom. The van der Waals surface area contributed by atoms with Crippen molar-refractivity contribution in [2.75, 3.05) is 0 Å². The van der Waals surface area contributed by atoms with Crippen LogP contribution in [0.1, 0.15) is 27.8 Å². The summed E-state index contributed by atoms with van der Waals surface area (Å²) in [5.41, 5.74) is 5.76. The van der Waals surface area contributed by atoms with E-state index < -0.39 is 0 Å². The third-order valence-corrected chi connectivity index (χ3v) is 4.17. The van der Waals surface area contributed by atoms with Gasteiger partial charge in [-0.25, -0.2) is 4.39 Å². The molecule has 0 unspecified atom stereocenters. The molecule has 0 spiro atoms. The number of halogens is 1. The maximum absolute atomic E-state index is 14.6. The van der Waals surface area contributed by atoms with Crippen molar-refractivity contribution in [1.82, 2.24) is 0 Å². The van der Waals surface area contributed by atoms with Crippen LogP contribution in [0, 0.1) is 36.4 Å². The van der Waals surface area contributed by atoms with Gasteiger partial charge in [-0.05, 0) is 43.3 Å². The summed E-state index contributed by atoms with van der Waals surface area (Å²) < 4.78 is 14.6. The molecular weight excluding hydrogens is 317 g/mol. The topological polar surface area (TPSA) is 0 Å². The molecule has 0 aromatic heterocycles. The molecule has 0 heterocycles. The number of hydrogen-bond acceptors (Lipinski definition) is 0. The predicted octanol–water partition coefficient (Wildman–Crippen LogP) is 1.45. The van der Waals surface area contributed by atoms with E-state index in [2.05, 4.69) is 23.7 Å². The molecule has 0 nitrogen and oxygen atoms in total. The maximum Gasteiger partial charge on any atom is 0.142 e. The van der Waals surface area contributed by atoms with Gasteiger partial charge in [-0.3, -0.25) is 0 Å². The van der Waals surface area contributed by atoms with Crippen molar-refractivity contribution in [2.24, 2.45) is 0 Å². The van der Waals surface area contributed by atoms with Crippen LogP contribution in [0.3, 0.4) is 0 Å². The third-order valence-electron chi connectivity index (χ3n) is 4.17. The smallest absolute Gasteiger partial charge is 0.142 e. The van der Waals surface area contributed by atoms with Gasteiger partial charge in [0.05, 0.1) is 5.56 Å². The minimum Gasteiger partial charge on any atom is -0.205 e. The molecule has 0 saturated carbocycles. The fourth-order valence-corrected chi connectivity index (χ4v) is 2.47. The molecule has 0 amide bonds. The quantitative estimate of drug-likeness (QED) is 0.431. The van der Waals surface area contributed by atoms with Crippen molar-refractivity contribution in [3.63, 3.8) is 0 Å². The molecule has 0 atom stereocenters. The van der Waals surface area contributed by atoms with Gasteiger partial charge in [0.2, 0.25) is 0 Å². The summed E-state index contributed by atoms with van der Waals surface area (Å²) in [4.78, 5) is 0. The summed E-state index contributed by atoms with van der Waals surface area (Å²) in [6, 6.07) is 19.4. The van der Waals surface area contributed by atoms with Gasteiger partial charge in [0.1, 0.15) is 21.5 Å². The molecule has 0 N–H and O–H groups in total. The molecule has 0 fully saturated rings. The summed E-state index contributed by atoms with van der Waals surface area (Å²) in [7, 11) is 4.06. The fraction of sp³-hybridized carbons (Fsp3) is 0.0435. The lowest BCUT2D eigenvalue weighted by Crippen LogP contribution is -1.99. The minimum absolute atomic E-state index is 0.305. The van der Waals surface area contributed by atoms with E-state index in [9.17, 15) is 4.39 Å². The van der Waals surface area contributed by atoms with Gasteiger partial charge in [-0.15, -0.1) is 0 Å². The van der Waals surface area contributed by atoms with Crippen molar-refractivity contribution in [3.05, 3.63) is 94.3 Å². The predicted molar refractivity (Wildman–Crippen MR) is 112 cm³/mol. The summed E-state index contributed by atoms with van der Waals surface area (Å²) >= 11 is 0. The van der Waals surface area contributed by atoms with Crippen LogP contribution in [-0.4, -0.2) is 15.7 Å². The Hall–Kier alpha value is -3.16. The summed E-state index contributed by atoms with van der Waals surface area (Å²) in [6.07, 6.45) is 0. The second-order valence-electron chi connectivity index (χ2n) is 6.33. The van der Waals surface area contributed by atoms with E-state index in [1.54, 1.807) is 13.0 Å². The highest BCUT2D eigenvalue weighted by Gasteiger charge is 2.06. The van der Waals surface area contributed by atoms with E-state index >= 15 is 0 Å². The Kier molecular flexibility index (Phi) is 5.31. The third kappa shape index (κ3) is 4.27. The first kappa shape index (κ1) is 17.7. The second-order valence-corrected chi connectivity index (χ2v) is 6.33. The highest BCUT2D eigenvalue weighted by atomic mass is 19.1. The average molecular weight is 334 g/mol. The second kappa shape index (κ2) is 7.81. The van der Waals surface area contributed by atoms with E-state index in [1.807, 2.05) is 70.3 Å². The van der Waals surface area contributed by atoms with Crippen molar-refractivity contribution >= 4 is 26.6 Å². The molecule has 0 aliphatic heterocycles. The number of benzene rings is 3. The van der Waals surface area contributed by atoms with E-state index in [0.717, 1.165) is 11.1 Å². The zero-order chi connectivity index (χ0) is 18.5. The average Bonchev–Trinajstić information content (AvgIpc) is 2.65. The standard InChI is InChI=1S/C23H17B2F/c1-16-19(8-2-17-4-12-21(24)13-5-17)10-11-20(23(16)26)9-3-18-6-14-22(25)15-7-18/h4-7,10-15H,24-25H2,1H3. The zero-order valence-electron chi connectivity index (χ0n) is 15.2. The van der Waals surface area contributed by atoms with Gasteiger partial charge < -0.3 is 0 Å². The van der Waals surface area contributed by atoms with Crippen LogP contribution in [0.25, 0.3) is 0 Å². The summed E-state index contributed by atoms with van der Waals surface area (Å²) in [6.45, 7) is 1.74. The molecule has 0 radical (unpaired) electrons. The Bertz CT molecular complexity index is 969. The molecule has 0 saturated heterocycles. The Balaban J connectivity index is 1.87. The lowest BCUT2D eigenvalue weighted by molar-refractivity contribution is 0.614. The minimum atomic E-state index is -0.305. The van der Waals surface area contributed by atoms with Gasteiger partial charge in [0.25, 0.3) is 0 Å². The van der Waals surface area contributed by atoms with E-state index in [-0.39, 0.29) is 5.82 Å². The number of rotatable bonds is 0. The van der Waals surface area contributed by atoms with Crippen molar-refractivity contribution in [2.45, 2.75) is 6.92 Å². The zero-order valence-corrected chi connectivity index (χ0v) is 15.2. The van der Waals surface area contributed by atoms with Gasteiger partial charge in [-0.2, -0.15) is 0 Å². The van der Waals surface area contributed by atoms with E-state index in [4.69, 9.17) is 0 Å².